The summed E-state index contributed by atoms with van der Waals surface area (Å²) in [5.41, 5.74) is 1.87. The molecule has 2 aliphatic carbocycles. The van der Waals surface area contributed by atoms with Crippen LogP contribution in [-0.2, 0) is 56.7 Å². The highest BCUT2D eigenvalue weighted by atomic mass is 19.1. The normalized spacial score (nSPS) is 27.3. The first kappa shape index (κ1) is 33.3. The maximum atomic E-state index is 18.1. The first-order chi connectivity index (χ1) is 24.1. The Balaban J connectivity index is 1.27. The van der Waals surface area contributed by atoms with E-state index in [1.807, 2.05) is 159 Å². The standard InChI is InChI=1S/C43H43FO5/c1-42(49-31-36-25-15-6-16-26-36)38(45-27-32-17-7-2-8-18-32)37-39(46-28-33-19-9-3-10-20-33)43(37,44)41(48-30-35-23-13-5-14-24-35)40(42)47-29-34-21-11-4-12-22-34/h2-26,37-41H,27-31H2,1H3/t37?,38?,39?,40?,41?,42?,43-/m0/s1. The van der Waals surface area contributed by atoms with E-state index in [1.165, 1.54) is 0 Å². The lowest BCUT2D eigenvalue weighted by Gasteiger charge is -2.50. The number of ether oxygens (including phenoxy) is 5. The summed E-state index contributed by atoms with van der Waals surface area (Å²) >= 11 is 0. The van der Waals surface area contributed by atoms with Gasteiger partial charge in [0.15, 0.2) is 5.67 Å². The number of hydrogen-bond donors (Lipinski definition) is 0. The predicted molar refractivity (Wildman–Crippen MR) is 187 cm³/mol. The molecule has 5 nitrogen and oxygen atoms in total. The summed E-state index contributed by atoms with van der Waals surface area (Å²) in [6.07, 6.45) is -3.34. The van der Waals surface area contributed by atoms with Crippen LogP contribution in [0.3, 0.4) is 0 Å². The van der Waals surface area contributed by atoms with Gasteiger partial charge in [-0.05, 0) is 34.7 Å². The molecule has 0 amide bonds. The second-order valence-corrected chi connectivity index (χ2v) is 13.2. The summed E-state index contributed by atoms with van der Waals surface area (Å²) in [4.78, 5) is 0. The molecule has 6 unspecified atom stereocenters. The molecule has 0 bridgehead atoms. The lowest BCUT2D eigenvalue weighted by molar-refractivity contribution is -0.277. The van der Waals surface area contributed by atoms with Crippen molar-refractivity contribution in [1.82, 2.24) is 0 Å². The molecule has 0 spiro atoms. The van der Waals surface area contributed by atoms with Crippen LogP contribution in [0.15, 0.2) is 152 Å². The van der Waals surface area contributed by atoms with E-state index >= 15 is 4.39 Å². The van der Waals surface area contributed by atoms with Gasteiger partial charge in [-0.1, -0.05) is 152 Å². The van der Waals surface area contributed by atoms with Crippen LogP contribution < -0.4 is 0 Å². The van der Waals surface area contributed by atoms with Gasteiger partial charge in [0.25, 0.3) is 0 Å². The highest BCUT2D eigenvalue weighted by Gasteiger charge is 2.83. The van der Waals surface area contributed by atoms with Gasteiger partial charge in [0.05, 0.1) is 45.1 Å². The van der Waals surface area contributed by atoms with Gasteiger partial charge in [0.1, 0.15) is 23.9 Å². The van der Waals surface area contributed by atoms with Crippen molar-refractivity contribution in [2.75, 3.05) is 0 Å². The fraction of sp³-hybridized carbons (Fsp3) is 0.302. The lowest BCUT2D eigenvalue weighted by atomic mass is 9.77. The molecule has 0 N–H and O–H groups in total. The number of halogens is 1. The Hall–Kier alpha value is -4.17. The summed E-state index contributed by atoms with van der Waals surface area (Å²) in [7, 11) is 0. The van der Waals surface area contributed by atoms with Crippen LogP contribution >= 0.6 is 0 Å². The molecule has 0 heterocycles. The highest BCUT2D eigenvalue weighted by Crippen LogP contribution is 2.64. The van der Waals surface area contributed by atoms with E-state index in [0.29, 0.717) is 6.61 Å². The van der Waals surface area contributed by atoms with Crippen molar-refractivity contribution >= 4 is 0 Å². The van der Waals surface area contributed by atoms with Gasteiger partial charge >= 0.3 is 0 Å². The third-order valence-electron chi connectivity index (χ3n) is 9.81. The zero-order chi connectivity index (χ0) is 33.5. The van der Waals surface area contributed by atoms with Crippen molar-refractivity contribution < 1.29 is 28.1 Å². The Kier molecular flexibility index (Phi) is 10.3. The molecule has 0 aromatic heterocycles. The number of alkyl halides is 1. The van der Waals surface area contributed by atoms with Crippen LogP contribution in [0.4, 0.5) is 4.39 Å². The molecule has 6 heteroatoms. The minimum atomic E-state index is -1.89. The first-order valence-electron chi connectivity index (χ1n) is 17.0. The summed E-state index contributed by atoms with van der Waals surface area (Å²) in [5.74, 6) is -0.655. The number of rotatable bonds is 15. The monoisotopic (exact) mass is 658 g/mol. The molecule has 252 valence electrons. The molecule has 7 rings (SSSR count). The van der Waals surface area contributed by atoms with Crippen LogP contribution in [0.5, 0.6) is 0 Å². The quantitative estimate of drug-likeness (QED) is 0.113. The maximum absolute atomic E-state index is 18.1. The van der Waals surface area contributed by atoms with Crippen molar-refractivity contribution in [1.29, 1.82) is 0 Å². The summed E-state index contributed by atoms with van der Waals surface area (Å²) in [6.45, 7) is 3.30. The Bertz CT molecular complexity index is 1680. The Morgan fingerprint density at radius 2 is 0.714 bits per heavy atom. The zero-order valence-electron chi connectivity index (χ0n) is 27.8. The number of benzene rings is 5. The number of fused-ring (bicyclic) bond motifs is 1. The van der Waals surface area contributed by atoms with Gasteiger partial charge < -0.3 is 23.7 Å². The van der Waals surface area contributed by atoms with Crippen molar-refractivity contribution in [3.8, 4) is 0 Å². The van der Waals surface area contributed by atoms with E-state index in [1.54, 1.807) is 0 Å². The second-order valence-electron chi connectivity index (χ2n) is 13.2. The summed E-state index contributed by atoms with van der Waals surface area (Å²) in [6, 6.07) is 49.6. The molecule has 2 aliphatic rings. The van der Waals surface area contributed by atoms with Gasteiger partial charge in [0.2, 0.25) is 0 Å². The molecule has 0 radical (unpaired) electrons. The van der Waals surface area contributed by atoms with Gasteiger partial charge in [-0.3, -0.25) is 0 Å². The third kappa shape index (κ3) is 7.40. The van der Waals surface area contributed by atoms with Gasteiger partial charge in [-0.2, -0.15) is 0 Å². The maximum Gasteiger partial charge on any atom is 0.174 e. The highest BCUT2D eigenvalue weighted by molar-refractivity contribution is 5.32. The molecule has 7 atom stereocenters. The largest absolute Gasteiger partial charge is 0.370 e. The summed E-state index contributed by atoms with van der Waals surface area (Å²) in [5, 5.41) is 0. The molecule has 2 saturated carbocycles. The van der Waals surface area contributed by atoms with Gasteiger partial charge in [-0.25, -0.2) is 4.39 Å². The Morgan fingerprint density at radius 1 is 0.408 bits per heavy atom. The Morgan fingerprint density at radius 3 is 1.10 bits per heavy atom. The first-order valence-corrected chi connectivity index (χ1v) is 17.0. The van der Waals surface area contributed by atoms with Crippen LogP contribution in [0.25, 0.3) is 0 Å². The second kappa shape index (κ2) is 15.2. The van der Waals surface area contributed by atoms with E-state index in [9.17, 15) is 0 Å². The molecule has 49 heavy (non-hydrogen) atoms. The molecule has 5 aromatic carbocycles. The average molecular weight is 659 g/mol. The van der Waals surface area contributed by atoms with E-state index < -0.39 is 41.6 Å². The van der Waals surface area contributed by atoms with E-state index in [0.717, 1.165) is 27.8 Å². The topological polar surface area (TPSA) is 46.2 Å². The van der Waals surface area contributed by atoms with E-state index in [4.69, 9.17) is 23.7 Å². The Labute approximate surface area is 288 Å². The third-order valence-corrected chi connectivity index (χ3v) is 9.81. The molecule has 2 fully saturated rings. The van der Waals surface area contributed by atoms with Crippen LogP contribution in [-0.4, -0.2) is 35.7 Å². The van der Waals surface area contributed by atoms with Crippen LogP contribution in [0.2, 0.25) is 0 Å². The summed E-state index contributed by atoms with van der Waals surface area (Å²) < 4.78 is 51.7. The van der Waals surface area contributed by atoms with E-state index in [2.05, 4.69) is 0 Å². The smallest absolute Gasteiger partial charge is 0.174 e. The minimum absolute atomic E-state index is 0.213. The van der Waals surface area contributed by atoms with Crippen molar-refractivity contribution in [3.63, 3.8) is 0 Å². The fourth-order valence-corrected chi connectivity index (χ4v) is 7.15. The van der Waals surface area contributed by atoms with Gasteiger partial charge in [0, 0.05) is 0 Å². The predicted octanol–water partition coefficient (Wildman–Crippen LogP) is 8.66. The fourth-order valence-electron chi connectivity index (χ4n) is 7.15. The molecule has 0 aliphatic heterocycles. The lowest BCUT2D eigenvalue weighted by Crippen LogP contribution is -2.66. The van der Waals surface area contributed by atoms with E-state index in [-0.39, 0.29) is 26.4 Å². The SMILES string of the molecule is CC1(OCc2ccccc2)C(OCc2ccccc2)C(OCc2ccccc2)[C@@]2(F)C(OCc3ccccc3)C2C1OCc1ccccc1. The van der Waals surface area contributed by atoms with Crippen LogP contribution in [0.1, 0.15) is 34.7 Å². The number of hydrogen-bond acceptors (Lipinski definition) is 5. The minimum Gasteiger partial charge on any atom is -0.370 e. The molecular weight excluding hydrogens is 615 g/mol. The molecule has 5 aromatic rings. The molecular formula is C43H43FO5. The van der Waals surface area contributed by atoms with Gasteiger partial charge in [-0.15, -0.1) is 0 Å². The molecule has 0 saturated heterocycles. The van der Waals surface area contributed by atoms with Crippen molar-refractivity contribution in [3.05, 3.63) is 179 Å². The zero-order valence-corrected chi connectivity index (χ0v) is 27.8. The average Bonchev–Trinajstić information content (AvgIpc) is 3.76. The van der Waals surface area contributed by atoms with Crippen LogP contribution in [0, 0.1) is 5.92 Å². The van der Waals surface area contributed by atoms with Crippen molar-refractivity contribution in [2.24, 2.45) is 5.92 Å². The van der Waals surface area contributed by atoms with Crippen molar-refractivity contribution in [2.45, 2.75) is 75.6 Å².